The maximum atomic E-state index is 12.0. The van der Waals surface area contributed by atoms with Gasteiger partial charge in [0.2, 0.25) is 0 Å². The van der Waals surface area contributed by atoms with Crippen LogP contribution < -0.4 is 9.47 Å². The first-order chi connectivity index (χ1) is 7.83. The van der Waals surface area contributed by atoms with E-state index in [9.17, 15) is 18.0 Å². The number of alkyl halides is 3. The summed E-state index contributed by atoms with van der Waals surface area (Å²) in [5.41, 5.74) is -0.226. The van der Waals surface area contributed by atoms with Crippen molar-refractivity contribution in [3.05, 3.63) is 36.6 Å². The summed E-state index contributed by atoms with van der Waals surface area (Å²) in [6.07, 6.45) is -4.02. The van der Waals surface area contributed by atoms with Crippen LogP contribution in [0.2, 0.25) is 0 Å². The Bertz CT molecular complexity index is 440. The molecule has 17 heavy (non-hydrogen) atoms. The van der Waals surface area contributed by atoms with Gasteiger partial charge in [0, 0.05) is 0 Å². The number of ether oxygens (including phenoxy) is 2. The number of hydrogen-bond donors (Lipinski definition) is 1. The second-order valence-corrected chi connectivity index (χ2v) is 2.80. The smallest absolute Gasteiger partial charge is 0.478 e. The highest BCUT2D eigenvalue weighted by molar-refractivity contribution is 5.88. The molecule has 0 aliphatic carbocycles. The lowest BCUT2D eigenvalue weighted by atomic mass is 10.2. The molecule has 0 radical (unpaired) electrons. The summed E-state index contributed by atoms with van der Waals surface area (Å²) in [5, 5.41) is 8.66. The van der Waals surface area contributed by atoms with Gasteiger partial charge < -0.3 is 14.6 Å². The number of carboxylic acids is 1. The molecule has 0 unspecified atom stereocenters. The van der Waals surface area contributed by atoms with Crippen LogP contribution in [0, 0.1) is 0 Å². The Hall–Kier alpha value is -2.18. The summed E-state index contributed by atoms with van der Waals surface area (Å²) in [6.45, 7) is 3.16. The lowest BCUT2D eigenvalue weighted by Gasteiger charge is -2.12. The van der Waals surface area contributed by atoms with Crippen LogP contribution in [0.1, 0.15) is 10.4 Å². The van der Waals surface area contributed by atoms with Gasteiger partial charge in [0.05, 0.1) is 11.8 Å². The van der Waals surface area contributed by atoms with Gasteiger partial charge in [-0.3, -0.25) is 0 Å². The molecule has 0 aliphatic rings. The van der Waals surface area contributed by atoms with Crippen molar-refractivity contribution >= 4 is 5.97 Å². The molecule has 1 aromatic carbocycles. The molecule has 0 aromatic heterocycles. The van der Waals surface area contributed by atoms with Crippen LogP contribution in [0.3, 0.4) is 0 Å². The highest BCUT2D eigenvalue weighted by Gasteiger charge is 2.32. The van der Waals surface area contributed by atoms with Gasteiger partial charge in [0.1, 0.15) is 0 Å². The third-order valence-electron chi connectivity index (χ3n) is 1.63. The summed E-state index contributed by atoms with van der Waals surface area (Å²) < 4.78 is 44.3. The minimum absolute atomic E-state index is 0.226. The molecule has 0 atom stereocenters. The number of aromatic carboxylic acids is 1. The van der Waals surface area contributed by atoms with Crippen molar-refractivity contribution in [3.8, 4) is 11.5 Å². The van der Waals surface area contributed by atoms with Gasteiger partial charge in [-0.2, -0.15) is 0 Å². The van der Waals surface area contributed by atoms with Gasteiger partial charge in [0.15, 0.2) is 11.5 Å². The first-order valence-electron chi connectivity index (χ1n) is 4.24. The van der Waals surface area contributed by atoms with Crippen molar-refractivity contribution in [2.24, 2.45) is 0 Å². The van der Waals surface area contributed by atoms with Crippen molar-refractivity contribution in [2.75, 3.05) is 0 Å². The topological polar surface area (TPSA) is 55.8 Å². The van der Waals surface area contributed by atoms with E-state index in [1.165, 1.54) is 0 Å². The summed E-state index contributed by atoms with van der Waals surface area (Å²) >= 11 is 0. The summed E-state index contributed by atoms with van der Waals surface area (Å²) in [5.74, 6) is -2.31. The second-order valence-electron chi connectivity index (χ2n) is 2.80. The molecule has 0 amide bonds. The standard InChI is InChI=1S/C10H7F3O4/c1-2-16-8-5-6(9(14)15)3-4-7(8)17-10(11,12)13/h2-5H,1H2,(H,14,15). The maximum absolute atomic E-state index is 12.0. The minimum Gasteiger partial charge on any atom is -0.478 e. The highest BCUT2D eigenvalue weighted by atomic mass is 19.4. The van der Waals surface area contributed by atoms with Crippen molar-refractivity contribution in [1.29, 1.82) is 0 Å². The van der Waals surface area contributed by atoms with E-state index in [0.717, 1.165) is 24.5 Å². The van der Waals surface area contributed by atoms with Gasteiger partial charge >= 0.3 is 12.3 Å². The van der Waals surface area contributed by atoms with Crippen molar-refractivity contribution < 1.29 is 32.5 Å². The van der Waals surface area contributed by atoms with Crippen LogP contribution in [-0.2, 0) is 0 Å². The van der Waals surface area contributed by atoms with Crippen LogP contribution in [0.5, 0.6) is 11.5 Å². The van der Waals surface area contributed by atoms with E-state index in [4.69, 9.17) is 5.11 Å². The number of rotatable bonds is 4. The van der Waals surface area contributed by atoms with E-state index in [2.05, 4.69) is 16.1 Å². The predicted octanol–water partition coefficient (Wildman–Crippen LogP) is 2.81. The summed E-state index contributed by atoms with van der Waals surface area (Å²) in [6, 6.07) is 2.74. The molecule has 1 rings (SSSR count). The number of carboxylic acid groups (broad SMARTS) is 1. The third kappa shape index (κ3) is 3.71. The van der Waals surface area contributed by atoms with E-state index in [1.807, 2.05) is 0 Å². The molecule has 0 fully saturated rings. The Labute approximate surface area is 93.9 Å². The van der Waals surface area contributed by atoms with Crippen molar-refractivity contribution in [1.82, 2.24) is 0 Å². The lowest BCUT2D eigenvalue weighted by molar-refractivity contribution is -0.275. The SMILES string of the molecule is C=COc1cc(C(=O)O)ccc1OC(F)(F)F. The largest absolute Gasteiger partial charge is 0.573 e. The van der Waals surface area contributed by atoms with E-state index < -0.39 is 18.1 Å². The van der Waals surface area contributed by atoms with Crippen LogP contribution in [0.15, 0.2) is 31.0 Å². The van der Waals surface area contributed by atoms with Gasteiger partial charge in [-0.05, 0) is 18.2 Å². The Morgan fingerprint density at radius 2 is 2.00 bits per heavy atom. The van der Waals surface area contributed by atoms with Gasteiger partial charge in [-0.15, -0.1) is 13.2 Å². The molecular weight excluding hydrogens is 241 g/mol. The number of halogens is 3. The maximum Gasteiger partial charge on any atom is 0.573 e. The van der Waals surface area contributed by atoms with E-state index in [1.54, 1.807) is 0 Å². The minimum atomic E-state index is -4.88. The van der Waals surface area contributed by atoms with E-state index in [-0.39, 0.29) is 11.3 Å². The number of carbonyl (C=O) groups is 1. The molecule has 1 aromatic rings. The van der Waals surface area contributed by atoms with Crippen LogP contribution in [0.4, 0.5) is 13.2 Å². The molecule has 7 heteroatoms. The zero-order valence-electron chi connectivity index (χ0n) is 8.32. The zero-order valence-corrected chi connectivity index (χ0v) is 8.32. The van der Waals surface area contributed by atoms with E-state index >= 15 is 0 Å². The van der Waals surface area contributed by atoms with Gasteiger partial charge in [0.25, 0.3) is 0 Å². The van der Waals surface area contributed by atoms with E-state index in [0.29, 0.717) is 0 Å². The molecule has 0 saturated carbocycles. The summed E-state index contributed by atoms with van der Waals surface area (Å²) in [7, 11) is 0. The first kappa shape index (κ1) is 12.9. The quantitative estimate of drug-likeness (QED) is 0.832. The van der Waals surface area contributed by atoms with Crippen molar-refractivity contribution in [2.45, 2.75) is 6.36 Å². The Morgan fingerprint density at radius 3 is 2.47 bits per heavy atom. The number of benzene rings is 1. The Morgan fingerprint density at radius 1 is 1.35 bits per heavy atom. The highest BCUT2D eigenvalue weighted by Crippen LogP contribution is 2.33. The predicted molar refractivity (Wildman–Crippen MR) is 50.9 cm³/mol. The molecule has 4 nitrogen and oxygen atoms in total. The lowest BCUT2D eigenvalue weighted by Crippen LogP contribution is -2.17. The fourth-order valence-electron chi connectivity index (χ4n) is 1.03. The second kappa shape index (κ2) is 4.77. The fourth-order valence-corrected chi connectivity index (χ4v) is 1.03. The first-order valence-corrected chi connectivity index (χ1v) is 4.24. The zero-order chi connectivity index (χ0) is 13.1. The average molecular weight is 248 g/mol. The third-order valence-corrected chi connectivity index (χ3v) is 1.63. The summed E-state index contributed by atoms with van der Waals surface area (Å²) in [4.78, 5) is 10.6. The molecule has 0 heterocycles. The van der Waals surface area contributed by atoms with Crippen LogP contribution in [0.25, 0.3) is 0 Å². The average Bonchev–Trinajstić information content (AvgIpc) is 2.18. The van der Waals surface area contributed by atoms with Gasteiger partial charge in [-0.25, -0.2) is 4.79 Å². The normalized spacial score (nSPS) is 10.8. The van der Waals surface area contributed by atoms with Crippen LogP contribution >= 0.6 is 0 Å². The molecule has 1 N–H and O–H groups in total. The molecular formula is C10H7F3O4. The Kier molecular flexibility index (Phi) is 3.62. The number of hydrogen-bond acceptors (Lipinski definition) is 3. The molecule has 0 aliphatic heterocycles. The molecule has 92 valence electrons. The molecule has 0 saturated heterocycles. The molecule has 0 spiro atoms. The monoisotopic (exact) mass is 248 g/mol. The Balaban J connectivity index is 3.12. The van der Waals surface area contributed by atoms with Gasteiger partial charge in [-0.1, -0.05) is 6.58 Å². The van der Waals surface area contributed by atoms with Crippen LogP contribution in [-0.4, -0.2) is 17.4 Å². The van der Waals surface area contributed by atoms with Crippen molar-refractivity contribution in [3.63, 3.8) is 0 Å². The fraction of sp³-hybridized carbons (Fsp3) is 0.100. The molecule has 0 bridgehead atoms.